The summed E-state index contributed by atoms with van der Waals surface area (Å²) >= 11 is 0. The van der Waals surface area contributed by atoms with Crippen LogP contribution in [-0.4, -0.2) is 89.3 Å². The van der Waals surface area contributed by atoms with Gasteiger partial charge < -0.3 is 29.2 Å². The molecule has 1 aromatic carbocycles. The zero-order chi connectivity index (χ0) is 31.5. The Morgan fingerprint density at radius 3 is 2.37 bits per heavy atom. The van der Waals surface area contributed by atoms with Gasteiger partial charge in [0.05, 0.1) is 11.8 Å². The minimum Gasteiger partial charge on any atom is -0.483 e. The van der Waals surface area contributed by atoms with Crippen molar-refractivity contribution in [3.63, 3.8) is 0 Å². The molecule has 0 spiro atoms. The van der Waals surface area contributed by atoms with E-state index in [0.29, 0.717) is 49.7 Å². The molecule has 0 saturated carbocycles. The predicted octanol–water partition coefficient (Wildman–Crippen LogP) is 4.08. The highest BCUT2D eigenvalue weighted by molar-refractivity contribution is 6.00. The molecular formula is C33H49N5O5. The van der Waals surface area contributed by atoms with Crippen LogP contribution in [0.15, 0.2) is 22.7 Å². The van der Waals surface area contributed by atoms with Crippen LogP contribution >= 0.6 is 0 Å². The Bertz CT molecular complexity index is 1310. The quantitative estimate of drug-likeness (QED) is 0.466. The second-order valence-electron chi connectivity index (χ2n) is 13.6. The lowest BCUT2D eigenvalue weighted by atomic mass is 9.94. The fourth-order valence-corrected chi connectivity index (χ4v) is 5.60. The van der Waals surface area contributed by atoms with Gasteiger partial charge in [-0.05, 0) is 69.3 Å². The van der Waals surface area contributed by atoms with E-state index in [4.69, 9.17) is 9.15 Å². The van der Waals surface area contributed by atoms with Gasteiger partial charge in [0.15, 0.2) is 6.61 Å². The summed E-state index contributed by atoms with van der Waals surface area (Å²) < 4.78 is 12.0. The van der Waals surface area contributed by atoms with E-state index in [1.165, 1.54) is 0 Å². The molecule has 2 aliphatic rings. The minimum atomic E-state index is -0.760. The average Bonchev–Trinajstić information content (AvgIpc) is 3.63. The van der Waals surface area contributed by atoms with E-state index in [1.807, 2.05) is 59.4 Å². The molecule has 10 heteroatoms. The third kappa shape index (κ3) is 7.96. The first-order valence-electron chi connectivity index (χ1n) is 15.5. The van der Waals surface area contributed by atoms with Gasteiger partial charge in [-0.2, -0.15) is 0 Å². The number of nitrogens with one attached hydrogen (secondary N) is 1. The SMILES string of the molecule is Cc1cc(OCc2ncc(C(C)(C)C)o2)c(C(=O)N[C@H](CC(C)C)C(=O)N2CCC[C@@H]2C(=O)N2CCN(C)CC2)cc1C. The standard InChI is InChI=1S/C33H49N5O5/c1-21(2)16-25(31(40)38-11-9-10-26(38)32(41)37-14-12-36(8)13-15-37)35-30(39)24-17-22(3)23(4)18-27(24)42-20-29-34-19-28(43-29)33(5,6)7/h17-19,21,25-26H,9-16,20H2,1-8H3,(H,35,39)/t25-,26-/m1/s1. The van der Waals surface area contributed by atoms with Crippen LogP contribution in [0.3, 0.4) is 0 Å². The Balaban J connectivity index is 1.51. The average molecular weight is 596 g/mol. The fourth-order valence-electron chi connectivity index (χ4n) is 5.60. The number of likely N-dealkylation sites (tertiary alicyclic amines) is 1. The lowest BCUT2D eigenvalue weighted by molar-refractivity contribution is -0.145. The van der Waals surface area contributed by atoms with Crippen molar-refractivity contribution in [1.29, 1.82) is 0 Å². The number of hydrogen-bond acceptors (Lipinski definition) is 7. The number of amides is 3. The second kappa shape index (κ2) is 13.5. The third-order valence-corrected chi connectivity index (χ3v) is 8.43. The topological polar surface area (TPSA) is 108 Å². The van der Waals surface area contributed by atoms with Crippen molar-refractivity contribution in [2.75, 3.05) is 39.8 Å². The highest BCUT2D eigenvalue weighted by Crippen LogP contribution is 2.28. The number of aromatic nitrogens is 1. The Morgan fingerprint density at radius 2 is 1.74 bits per heavy atom. The molecule has 1 N–H and O–H groups in total. The smallest absolute Gasteiger partial charge is 0.255 e. The van der Waals surface area contributed by atoms with Gasteiger partial charge in [-0.3, -0.25) is 14.4 Å². The number of nitrogens with zero attached hydrogens (tertiary/aromatic N) is 4. The number of ether oxygens (including phenoxy) is 1. The molecule has 1 aromatic heterocycles. The van der Waals surface area contributed by atoms with Crippen molar-refractivity contribution in [1.82, 2.24) is 25.0 Å². The summed E-state index contributed by atoms with van der Waals surface area (Å²) in [5.41, 5.74) is 2.08. The van der Waals surface area contributed by atoms with Crippen LogP contribution in [0.5, 0.6) is 5.75 Å². The predicted molar refractivity (Wildman–Crippen MR) is 165 cm³/mol. The normalized spacial score (nSPS) is 18.7. The Morgan fingerprint density at radius 1 is 1.07 bits per heavy atom. The zero-order valence-corrected chi connectivity index (χ0v) is 27.2. The van der Waals surface area contributed by atoms with Crippen LogP contribution in [0.25, 0.3) is 0 Å². The molecular weight excluding hydrogens is 546 g/mol. The van der Waals surface area contributed by atoms with E-state index < -0.39 is 12.1 Å². The van der Waals surface area contributed by atoms with Gasteiger partial charge in [0, 0.05) is 38.1 Å². The molecule has 0 aliphatic carbocycles. The highest BCUT2D eigenvalue weighted by Gasteiger charge is 2.40. The highest BCUT2D eigenvalue weighted by atomic mass is 16.5. The lowest BCUT2D eigenvalue weighted by Gasteiger charge is -2.36. The number of aryl methyl sites for hydroxylation is 2. The number of carbonyl (C=O) groups excluding carboxylic acids is 3. The number of rotatable bonds is 9. The van der Waals surface area contributed by atoms with E-state index in [0.717, 1.165) is 36.4 Å². The van der Waals surface area contributed by atoms with Gasteiger partial charge in [0.25, 0.3) is 5.91 Å². The summed E-state index contributed by atoms with van der Waals surface area (Å²) in [6.45, 7) is 17.7. The molecule has 3 amide bonds. The molecule has 2 aliphatic heterocycles. The number of carbonyl (C=O) groups is 3. The van der Waals surface area contributed by atoms with Crippen molar-refractivity contribution in [2.45, 2.75) is 91.8 Å². The summed E-state index contributed by atoms with van der Waals surface area (Å²) in [7, 11) is 2.05. The summed E-state index contributed by atoms with van der Waals surface area (Å²) in [6, 6.07) is 2.39. The molecule has 43 heavy (non-hydrogen) atoms. The maximum atomic E-state index is 14.0. The summed E-state index contributed by atoms with van der Waals surface area (Å²) in [5, 5.41) is 3.01. The number of oxazole rings is 1. The van der Waals surface area contributed by atoms with Gasteiger partial charge in [-0.15, -0.1) is 0 Å². The van der Waals surface area contributed by atoms with E-state index >= 15 is 0 Å². The monoisotopic (exact) mass is 595 g/mol. The van der Waals surface area contributed by atoms with Crippen LogP contribution in [-0.2, 0) is 21.6 Å². The molecule has 10 nitrogen and oxygen atoms in total. The van der Waals surface area contributed by atoms with Gasteiger partial charge in [-0.25, -0.2) is 4.98 Å². The number of hydrogen-bond donors (Lipinski definition) is 1. The molecule has 0 unspecified atom stereocenters. The van der Waals surface area contributed by atoms with E-state index in [-0.39, 0.29) is 35.7 Å². The van der Waals surface area contributed by atoms with E-state index in [2.05, 4.69) is 22.2 Å². The number of likely N-dealkylation sites (N-methyl/N-ethyl adjacent to an activating group) is 1. The van der Waals surface area contributed by atoms with Gasteiger partial charge in [0.2, 0.25) is 17.7 Å². The first kappa shape index (κ1) is 32.5. The Kier molecular flexibility index (Phi) is 10.2. The minimum absolute atomic E-state index is 0.0135. The molecule has 2 saturated heterocycles. The van der Waals surface area contributed by atoms with Crippen LogP contribution in [0.4, 0.5) is 0 Å². The van der Waals surface area contributed by atoms with Crippen molar-refractivity contribution < 1.29 is 23.5 Å². The molecule has 3 heterocycles. The Labute approximate surface area is 256 Å². The van der Waals surface area contributed by atoms with Gasteiger partial charge >= 0.3 is 0 Å². The lowest BCUT2D eigenvalue weighted by Crippen LogP contribution is -2.56. The third-order valence-electron chi connectivity index (χ3n) is 8.43. The maximum Gasteiger partial charge on any atom is 0.255 e. The van der Waals surface area contributed by atoms with Crippen LogP contribution in [0.1, 0.15) is 87.0 Å². The molecule has 2 fully saturated rings. The van der Waals surface area contributed by atoms with Crippen LogP contribution < -0.4 is 10.1 Å². The molecule has 0 bridgehead atoms. The maximum absolute atomic E-state index is 14.0. The van der Waals surface area contributed by atoms with Crippen molar-refractivity contribution in [3.05, 3.63) is 46.7 Å². The van der Waals surface area contributed by atoms with Crippen LogP contribution in [0.2, 0.25) is 0 Å². The second-order valence-corrected chi connectivity index (χ2v) is 13.6. The first-order chi connectivity index (χ1) is 20.2. The molecule has 4 rings (SSSR count). The summed E-state index contributed by atoms with van der Waals surface area (Å²) in [6.07, 6.45) is 3.58. The Hall–Kier alpha value is -3.40. The molecule has 0 radical (unpaired) electrons. The first-order valence-corrected chi connectivity index (χ1v) is 15.5. The van der Waals surface area contributed by atoms with Crippen molar-refractivity contribution in [3.8, 4) is 5.75 Å². The van der Waals surface area contributed by atoms with Crippen molar-refractivity contribution in [2.24, 2.45) is 5.92 Å². The van der Waals surface area contributed by atoms with Crippen LogP contribution in [0, 0.1) is 19.8 Å². The number of piperazine rings is 1. The van der Waals surface area contributed by atoms with Gasteiger partial charge in [-0.1, -0.05) is 34.6 Å². The summed E-state index contributed by atoms with van der Waals surface area (Å²) in [5.74, 6) is 1.16. The summed E-state index contributed by atoms with van der Waals surface area (Å²) in [4.78, 5) is 51.4. The molecule has 2 aromatic rings. The van der Waals surface area contributed by atoms with E-state index in [9.17, 15) is 14.4 Å². The van der Waals surface area contributed by atoms with Gasteiger partial charge in [0.1, 0.15) is 23.6 Å². The van der Waals surface area contributed by atoms with Crippen molar-refractivity contribution >= 4 is 17.7 Å². The van der Waals surface area contributed by atoms with E-state index in [1.54, 1.807) is 17.2 Å². The molecule has 236 valence electrons. The fraction of sp³-hybridized carbons (Fsp3) is 0.636. The molecule has 2 atom stereocenters. The largest absolute Gasteiger partial charge is 0.483 e. The zero-order valence-electron chi connectivity index (χ0n) is 27.2. The number of benzene rings is 1.